The molecule has 1 aromatic carbocycles. The zero-order valence-electron chi connectivity index (χ0n) is 14.8. The van der Waals surface area contributed by atoms with Gasteiger partial charge in [0.25, 0.3) is 11.5 Å². The van der Waals surface area contributed by atoms with Crippen molar-refractivity contribution in [2.75, 3.05) is 0 Å². The smallest absolute Gasteiger partial charge is 0.366 e. The Morgan fingerprint density at radius 3 is 2.55 bits per heavy atom. The first kappa shape index (κ1) is 19.8. The van der Waals surface area contributed by atoms with E-state index in [-0.39, 0.29) is 22.4 Å². The summed E-state index contributed by atoms with van der Waals surface area (Å²) in [7, 11) is 0. The minimum absolute atomic E-state index is 0.0517. The van der Waals surface area contributed by atoms with Gasteiger partial charge in [-0.15, -0.1) is 0 Å². The molecule has 3 N–H and O–H groups in total. The molecule has 0 spiro atoms. The molecule has 150 valence electrons. The molecular weight excluding hydrogens is 393 g/mol. The number of primary amides is 1. The molecule has 3 aromatic rings. The van der Waals surface area contributed by atoms with Gasteiger partial charge in [0.1, 0.15) is 6.33 Å². The molecule has 0 bridgehead atoms. The maximum absolute atomic E-state index is 13.0. The number of aryl methyl sites for hydroxylation is 1. The SMILES string of the molecule is Cc1cc(-n2ncn(/C=C(/C(N)=O)c3cn[nH]c(=O)c3)c2=O)cc(C(F)(F)F)c1. The van der Waals surface area contributed by atoms with Crippen molar-refractivity contribution in [2.45, 2.75) is 13.1 Å². The lowest BCUT2D eigenvalue weighted by Crippen LogP contribution is -2.23. The predicted octanol–water partition coefficient (Wildman–Crippen LogP) is 0.928. The van der Waals surface area contributed by atoms with Crippen LogP contribution in [0.4, 0.5) is 13.2 Å². The number of nitrogens with two attached hydrogens (primary N) is 1. The van der Waals surface area contributed by atoms with E-state index in [1.807, 2.05) is 0 Å². The quantitative estimate of drug-likeness (QED) is 0.623. The Morgan fingerprint density at radius 1 is 1.21 bits per heavy atom. The number of aromatic amines is 1. The summed E-state index contributed by atoms with van der Waals surface area (Å²) in [6.07, 6.45) is -1.42. The number of amides is 1. The average Bonchev–Trinajstić information content (AvgIpc) is 2.98. The highest BCUT2D eigenvalue weighted by Gasteiger charge is 2.31. The lowest BCUT2D eigenvalue weighted by atomic mass is 10.1. The third-order valence-electron chi connectivity index (χ3n) is 3.84. The van der Waals surface area contributed by atoms with Crippen LogP contribution >= 0.6 is 0 Å². The van der Waals surface area contributed by atoms with Gasteiger partial charge in [-0.1, -0.05) is 0 Å². The minimum Gasteiger partial charge on any atom is -0.366 e. The minimum atomic E-state index is -4.60. The number of carbonyl (C=O) groups excluding carboxylic acids is 1. The molecular formula is C17H13F3N6O3. The highest BCUT2D eigenvalue weighted by atomic mass is 19.4. The van der Waals surface area contributed by atoms with Crippen LogP contribution in [0.5, 0.6) is 0 Å². The number of alkyl halides is 3. The molecule has 29 heavy (non-hydrogen) atoms. The number of benzene rings is 1. The normalized spacial score (nSPS) is 12.2. The standard InChI is InChI=1S/C17H13F3N6O3/c1-9-2-11(17(18,19)20)5-12(3-9)26-16(29)25(8-23-26)7-13(15(21)28)10-4-14(27)24-22-6-10/h2-8H,1H3,(H2,21,28)(H,24,27)/b13-7+. The summed E-state index contributed by atoms with van der Waals surface area (Å²) in [6, 6.07) is 4.13. The van der Waals surface area contributed by atoms with Crippen molar-refractivity contribution in [2.24, 2.45) is 5.73 Å². The third-order valence-corrected chi connectivity index (χ3v) is 3.84. The van der Waals surface area contributed by atoms with E-state index < -0.39 is 28.9 Å². The van der Waals surface area contributed by atoms with E-state index in [1.54, 1.807) is 0 Å². The van der Waals surface area contributed by atoms with Crippen molar-refractivity contribution in [3.05, 3.63) is 74.3 Å². The fourth-order valence-corrected chi connectivity index (χ4v) is 2.57. The monoisotopic (exact) mass is 406 g/mol. The molecule has 0 aliphatic rings. The molecule has 0 radical (unpaired) electrons. The lowest BCUT2D eigenvalue weighted by molar-refractivity contribution is -0.137. The second-order valence-corrected chi connectivity index (χ2v) is 6.03. The Labute approximate surface area is 159 Å². The van der Waals surface area contributed by atoms with Crippen molar-refractivity contribution >= 4 is 17.7 Å². The number of nitrogens with one attached hydrogen (secondary N) is 1. The number of halogens is 3. The maximum Gasteiger partial charge on any atom is 0.416 e. The largest absolute Gasteiger partial charge is 0.416 e. The fraction of sp³-hybridized carbons (Fsp3) is 0.118. The second-order valence-electron chi connectivity index (χ2n) is 6.03. The number of hydrogen-bond donors (Lipinski definition) is 2. The zero-order chi connectivity index (χ0) is 21.3. The van der Waals surface area contributed by atoms with Crippen molar-refractivity contribution in [3.63, 3.8) is 0 Å². The number of nitrogens with zero attached hydrogens (tertiary/aromatic N) is 4. The highest BCUT2D eigenvalue weighted by Crippen LogP contribution is 2.31. The Morgan fingerprint density at radius 2 is 1.93 bits per heavy atom. The van der Waals surface area contributed by atoms with E-state index in [1.165, 1.54) is 13.0 Å². The summed E-state index contributed by atoms with van der Waals surface area (Å²) in [5.74, 6) is -0.952. The van der Waals surface area contributed by atoms with Crippen molar-refractivity contribution in [1.29, 1.82) is 0 Å². The van der Waals surface area contributed by atoms with Gasteiger partial charge in [-0.2, -0.15) is 28.1 Å². The van der Waals surface area contributed by atoms with Gasteiger partial charge < -0.3 is 5.73 Å². The summed E-state index contributed by atoms with van der Waals surface area (Å²) in [4.78, 5) is 35.7. The molecule has 9 nitrogen and oxygen atoms in total. The molecule has 3 rings (SSSR count). The summed E-state index contributed by atoms with van der Waals surface area (Å²) < 4.78 is 40.7. The third kappa shape index (κ3) is 4.15. The molecule has 12 heteroatoms. The Kier molecular flexibility index (Phi) is 4.93. The Balaban J connectivity index is 2.11. The van der Waals surface area contributed by atoms with Crippen molar-refractivity contribution in [3.8, 4) is 5.69 Å². The van der Waals surface area contributed by atoms with Gasteiger partial charge >= 0.3 is 11.9 Å². The first-order valence-corrected chi connectivity index (χ1v) is 7.98. The highest BCUT2D eigenvalue weighted by molar-refractivity contribution is 6.22. The topological polar surface area (TPSA) is 129 Å². The first-order chi connectivity index (χ1) is 13.6. The predicted molar refractivity (Wildman–Crippen MR) is 95.8 cm³/mol. The van der Waals surface area contributed by atoms with Gasteiger partial charge in [-0.25, -0.2) is 9.89 Å². The molecule has 0 aliphatic heterocycles. The van der Waals surface area contributed by atoms with Crippen LogP contribution in [0, 0.1) is 6.92 Å². The zero-order valence-corrected chi connectivity index (χ0v) is 14.8. The second kappa shape index (κ2) is 7.22. The van der Waals surface area contributed by atoms with E-state index in [4.69, 9.17) is 5.73 Å². The van der Waals surface area contributed by atoms with Crippen LogP contribution in [-0.2, 0) is 11.0 Å². The number of aromatic nitrogens is 5. The Hall–Kier alpha value is -3.96. The van der Waals surface area contributed by atoms with E-state index in [2.05, 4.69) is 15.3 Å². The summed E-state index contributed by atoms with van der Waals surface area (Å²) in [6.45, 7) is 1.45. The molecule has 0 saturated heterocycles. The molecule has 0 atom stereocenters. The molecule has 1 amide bonds. The van der Waals surface area contributed by atoms with Gasteiger partial charge in [0.15, 0.2) is 0 Å². The summed E-state index contributed by atoms with van der Waals surface area (Å²) in [5.41, 5.74) is 2.93. The number of hydrogen-bond acceptors (Lipinski definition) is 5. The van der Waals surface area contributed by atoms with E-state index in [0.717, 1.165) is 46.2 Å². The van der Waals surface area contributed by atoms with Gasteiger partial charge in [0, 0.05) is 17.8 Å². The molecule has 0 fully saturated rings. The van der Waals surface area contributed by atoms with E-state index >= 15 is 0 Å². The van der Waals surface area contributed by atoms with Crippen molar-refractivity contribution < 1.29 is 18.0 Å². The van der Waals surface area contributed by atoms with E-state index in [0.29, 0.717) is 0 Å². The summed E-state index contributed by atoms with van der Waals surface area (Å²) in [5, 5.41) is 9.47. The van der Waals surface area contributed by atoms with Crippen LogP contribution in [0.25, 0.3) is 17.5 Å². The molecule has 2 aromatic heterocycles. The van der Waals surface area contributed by atoms with Gasteiger partial charge in [0.05, 0.1) is 23.0 Å². The number of rotatable bonds is 4. The maximum atomic E-state index is 13.0. The van der Waals surface area contributed by atoms with Crippen molar-refractivity contribution in [1.82, 2.24) is 24.5 Å². The lowest BCUT2D eigenvalue weighted by Gasteiger charge is -2.10. The van der Waals surface area contributed by atoms with Crippen LogP contribution in [0.15, 0.2) is 46.4 Å². The molecule has 0 unspecified atom stereocenters. The number of H-pyrrole nitrogens is 1. The van der Waals surface area contributed by atoms with Crippen LogP contribution in [0.1, 0.15) is 16.7 Å². The van der Waals surface area contributed by atoms with Crippen LogP contribution in [0.3, 0.4) is 0 Å². The van der Waals surface area contributed by atoms with Gasteiger partial charge in [-0.3, -0.25) is 14.2 Å². The Bertz CT molecular complexity index is 1240. The molecule has 0 saturated carbocycles. The number of carbonyl (C=O) groups is 1. The van der Waals surface area contributed by atoms with Crippen LogP contribution in [0.2, 0.25) is 0 Å². The summed E-state index contributed by atoms with van der Waals surface area (Å²) >= 11 is 0. The molecule has 2 heterocycles. The van der Waals surface area contributed by atoms with Gasteiger partial charge in [-0.05, 0) is 30.7 Å². The van der Waals surface area contributed by atoms with E-state index in [9.17, 15) is 27.6 Å². The average molecular weight is 406 g/mol. The van der Waals surface area contributed by atoms with Crippen LogP contribution < -0.4 is 17.0 Å². The van der Waals surface area contributed by atoms with Crippen LogP contribution in [-0.4, -0.2) is 30.5 Å². The fourth-order valence-electron chi connectivity index (χ4n) is 2.57. The molecule has 0 aliphatic carbocycles. The van der Waals surface area contributed by atoms with Gasteiger partial charge in [0.2, 0.25) is 0 Å². The first-order valence-electron chi connectivity index (χ1n) is 7.98.